The van der Waals surface area contributed by atoms with Gasteiger partial charge >= 0.3 is 0 Å². The van der Waals surface area contributed by atoms with Gasteiger partial charge in [0.2, 0.25) is 0 Å². The molecular formula is C10H20N4. The van der Waals surface area contributed by atoms with Crippen LogP contribution in [0.5, 0.6) is 0 Å². The lowest BCUT2D eigenvalue weighted by Crippen LogP contribution is -2.21. The van der Waals surface area contributed by atoms with Gasteiger partial charge in [0.25, 0.3) is 0 Å². The lowest BCUT2D eigenvalue weighted by molar-refractivity contribution is 0.353. The van der Waals surface area contributed by atoms with Crippen molar-refractivity contribution < 1.29 is 0 Å². The molecule has 4 heteroatoms. The highest BCUT2D eigenvalue weighted by molar-refractivity contribution is 4.84. The van der Waals surface area contributed by atoms with Crippen LogP contribution in [0.4, 0.5) is 0 Å². The van der Waals surface area contributed by atoms with Gasteiger partial charge in [-0.05, 0) is 36.1 Å². The Hall–Kier alpha value is -0.800. The maximum absolute atomic E-state index is 4.17. The highest BCUT2D eigenvalue weighted by Gasteiger charge is 2.31. The Balaban J connectivity index is 2.37. The van der Waals surface area contributed by atoms with Crippen LogP contribution in [-0.4, -0.2) is 5.66 Å². The Kier molecular flexibility index (Phi) is 4.70. The van der Waals surface area contributed by atoms with Crippen LogP contribution in [0.3, 0.4) is 0 Å². The van der Waals surface area contributed by atoms with Crippen molar-refractivity contribution in [1.82, 2.24) is 0 Å². The lowest BCUT2D eigenvalue weighted by atomic mass is 9.97. The van der Waals surface area contributed by atoms with Crippen LogP contribution in [0.25, 0.3) is 0 Å². The number of hydrogen-bond acceptors (Lipinski definition) is 4. The maximum atomic E-state index is 4.17. The number of nitrogens with zero attached hydrogens (tertiary/aromatic N) is 4. The average molecular weight is 196 g/mol. The Morgan fingerprint density at radius 2 is 1.36 bits per heavy atom. The molecule has 4 nitrogen and oxygen atoms in total. The van der Waals surface area contributed by atoms with Crippen molar-refractivity contribution in [2.24, 2.45) is 20.7 Å². The molecule has 0 N–H and O–H groups in total. The average Bonchev–Trinajstić information content (AvgIpc) is 2.65. The van der Waals surface area contributed by atoms with Gasteiger partial charge in [0.05, 0.1) is 0 Å². The van der Waals surface area contributed by atoms with Gasteiger partial charge in [-0.2, -0.15) is 0 Å². The summed E-state index contributed by atoms with van der Waals surface area (Å²) in [7, 11) is 0. The third-order valence-corrected chi connectivity index (χ3v) is 2.61. The SMILES string of the molecule is CCCCCC1(CCCC)N=NN=N1. The van der Waals surface area contributed by atoms with Crippen LogP contribution in [-0.2, 0) is 0 Å². The van der Waals surface area contributed by atoms with E-state index >= 15 is 0 Å². The van der Waals surface area contributed by atoms with E-state index in [2.05, 4.69) is 34.5 Å². The predicted molar refractivity (Wildman–Crippen MR) is 56.1 cm³/mol. The van der Waals surface area contributed by atoms with E-state index in [0.717, 1.165) is 19.3 Å². The van der Waals surface area contributed by atoms with E-state index in [1.54, 1.807) is 0 Å². The van der Waals surface area contributed by atoms with Crippen LogP contribution in [0.2, 0.25) is 0 Å². The fourth-order valence-corrected chi connectivity index (χ4v) is 1.67. The van der Waals surface area contributed by atoms with E-state index < -0.39 is 0 Å². The summed E-state index contributed by atoms with van der Waals surface area (Å²) in [5.41, 5.74) is -0.287. The molecule has 1 aliphatic rings. The third-order valence-electron chi connectivity index (χ3n) is 2.61. The molecule has 14 heavy (non-hydrogen) atoms. The molecule has 1 aliphatic heterocycles. The Labute approximate surface area is 85.9 Å². The number of rotatable bonds is 7. The molecule has 0 aliphatic carbocycles. The van der Waals surface area contributed by atoms with E-state index in [4.69, 9.17) is 0 Å². The first-order valence-electron chi connectivity index (χ1n) is 5.67. The van der Waals surface area contributed by atoms with E-state index in [-0.39, 0.29) is 5.66 Å². The summed E-state index contributed by atoms with van der Waals surface area (Å²) in [6, 6.07) is 0. The molecule has 1 rings (SSSR count). The van der Waals surface area contributed by atoms with Gasteiger partial charge in [-0.1, -0.05) is 33.1 Å². The molecule has 0 radical (unpaired) electrons. The van der Waals surface area contributed by atoms with Gasteiger partial charge in [0.15, 0.2) is 5.66 Å². The molecule has 0 aromatic carbocycles. The van der Waals surface area contributed by atoms with Gasteiger partial charge < -0.3 is 0 Å². The molecule has 0 saturated heterocycles. The van der Waals surface area contributed by atoms with Crippen molar-refractivity contribution in [2.45, 2.75) is 64.5 Å². The standard InChI is InChI=1S/C10H20N4/c1-3-5-7-9-10(8-6-4-2)11-13-14-12-10/h3-9H2,1-2H3. The summed E-state index contributed by atoms with van der Waals surface area (Å²) < 4.78 is 0. The zero-order chi connectivity index (χ0) is 10.3. The second-order valence-corrected chi connectivity index (χ2v) is 3.92. The summed E-state index contributed by atoms with van der Waals surface area (Å²) in [4.78, 5) is 0. The fourth-order valence-electron chi connectivity index (χ4n) is 1.67. The minimum absolute atomic E-state index is 0.287. The summed E-state index contributed by atoms with van der Waals surface area (Å²) in [6.07, 6.45) is 8.01. The van der Waals surface area contributed by atoms with Gasteiger partial charge in [-0.3, -0.25) is 0 Å². The molecule has 0 atom stereocenters. The molecule has 80 valence electrons. The topological polar surface area (TPSA) is 49.4 Å². The third kappa shape index (κ3) is 3.16. The minimum Gasteiger partial charge on any atom is -0.135 e. The normalized spacial score (nSPS) is 17.9. The van der Waals surface area contributed by atoms with Crippen molar-refractivity contribution in [3.8, 4) is 0 Å². The summed E-state index contributed by atoms with van der Waals surface area (Å²) >= 11 is 0. The van der Waals surface area contributed by atoms with E-state index in [1.807, 2.05) is 0 Å². The second kappa shape index (κ2) is 5.83. The molecule has 0 saturated carbocycles. The molecule has 1 heterocycles. The Morgan fingerprint density at radius 3 is 1.93 bits per heavy atom. The van der Waals surface area contributed by atoms with E-state index in [1.165, 1.54) is 25.7 Å². The number of unbranched alkanes of at least 4 members (excludes halogenated alkanes) is 3. The lowest BCUT2D eigenvalue weighted by Gasteiger charge is -2.18. The molecule has 0 aromatic rings. The summed E-state index contributed by atoms with van der Waals surface area (Å²) in [6.45, 7) is 4.39. The van der Waals surface area contributed by atoms with Crippen LogP contribution in [0.1, 0.15) is 58.8 Å². The fraction of sp³-hybridized carbons (Fsp3) is 1.00. The van der Waals surface area contributed by atoms with Gasteiger partial charge in [0, 0.05) is 0 Å². The maximum Gasteiger partial charge on any atom is 0.195 e. The highest BCUT2D eigenvalue weighted by atomic mass is 15.6. The number of hydrogen-bond donors (Lipinski definition) is 0. The van der Waals surface area contributed by atoms with Crippen molar-refractivity contribution >= 4 is 0 Å². The van der Waals surface area contributed by atoms with Crippen LogP contribution < -0.4 is 0 Å². The Bertz CT molecular complexity index is 198. The van der Waals surface area contributed by atoms with Crippen LogP contribution in [0, 0.1) is 0 Å². The van der Waals surface area contributed by atoms with Gasteiger partial charge in [-0.25, -0.2) is 0 Å². The molecular weight excluding hydrogens is 176 g/mol. The molecule has 0 bridgehead atoms. The minimum atomic E-state index is -0.287. The summed E-state index contributed by atoms with van der Waals surface area (Å²) in [5.74, 6) is 0. The largest absolute Gasteiger partial charge is 0.195 e. The zero-order valence-corrected chi connectivity index (χ0v) is 9.24. The predicted octanol–water partition coefficient (Wildman–Crippen LogP) is 4.29. The van der Waals surface area contributed by atoms with Crippen LogP contribution in [0.15, 0.2) is 20.7 Å². The van der Waals surface area contributed by atoms with E-state index in [0.29, 0.717) is 0 Å². The van der Waals surface area contributed by atoms with Crippen molar-refractivity contribution in [3.05, 3.63) is 0 Å². The molecule has 0 spiro atoms. The quantitative estimate of drug-likeness (QED) is 0.545. The Morgan fingerprint density at radius 1 is 0.786 bits per heavy atom. The van der Waals surface area contributed by atoms with Gasteiger partial charge in [0.1, 0.15) is 0 Å². The monoisotopic (exact) mass is 196 g/mol. The molecule has 0 fully saturated rings. The highest BCUT2D eigenvalue weighted by Crippen LogP contribution is 2.31. The molecule has 0 aromatic heterocycles. The smallest absolute Gasteiger partial charge is 0.135 e. The van der Waals surface area contributed by atoms with Crippen molar-refractivity contribution in [3.63, 3.8) is 0 Å². The zero-order valence-electron chi connectivity index (χ0n) is 9.24. The first kappa shape index (κ1) is 11.3. The first-order chi connectivity index (χ1) is 6.83. The molecule has 0 amide bonds. The van der Waals surface area contributed by atoms with E-state index in [9.17, 15) is 0 Å². The molecule has 0 unspecified atom stereocenters. The first-order valence-corrected chi connectivity index (χ1v) is 5.67. The van der Waals surface area contributed by atoms with Crippen molar-refractivity contribution in [1.29, 1.82) is 0 Å². The van der Waals surface area contributed by atoms with Crippen LogP contribution >= 0.6 is 0 Å². The van der Waals surface area contributed by atoms with Gasteiger partial charge in [-0.15, -0.1) is 10.2 Å². The van der Waals surface area contributed by atoms with Crippen molar-refractivity contribution in [2.75, 3.05) is 0 Å². The summed E-state index contributed by atoms with van der Waals surface area (Å²) in [5, 5.41) is 15.6. The second-order valence-electron chi connectivity index (χ2n) is 3.92.